The van der Waals surface area contributed by atoms with E-state index in [1.54, 1.807) is 43.3 Å². The number of nitrogens with two attached hydrogens (primary N) is 1. The molecule has 0 radical (unpaired) electrons. The largest absolute Gasteiger partial charge is 0.508 e. The van der Waals surface area contributed by atoms with Crippen LogP contribution >= 0.6 is 0 Å². The average Bonchev–Trinajstić information content (AvgIpc) is 2.72. The molecule has 154 valence electrons. The summed E-state index contributed by atoms with van der Waals surface area (Å²) in [5.41, 5.74) is 8.03. The number of amides is 2. The first-order valence-electron chi connectivity index (χ1n) is 9.34. The highest BCUT2D eigenvalue weighted by atomic mass is 16.3. The Morgan fingerprint density at radius 3 is 2.28 bits per heavy atom. The monoisotopic (exact) mass is 397 g/mol. The summed E-state index contributed by atoms with van der Waals surface area (Å²) in [5, 5.41) is 25.1. The summed E-state index contributed by atoms with van der Waals surface area (Å²) in [5.74, 6) is -0.307. The number of amidine groups is 1. The Bertz CT molecular complexity index is 834. The first kappa shape index (κ1) is 21.9. The van der Waals surface area contributed by atoms with Gasteiger partial charge in [-0.1, -0.05) is 36.4 Å². The van der Waals surface area contributed by atoms with Crippen LogP contribution in [0.2, 0.25) is 0 Å². The van der Waals surface area contributed by atoms with Crippen molar-refractivity contribution in [2.24, 2.45) is 5.73 Å². The summed E-state index contributed by atoms with van der Waals surface area (Å²) >= 11 is 0. The van der Waals surface area contributed by atoms with Gasteiger partial charge in [0, 0.05) is 18.7 Å². The molecule has 0 spiro atoms. The second-order valence-electron chi connectivity index (χ2n) is 6.70. The standard InChI is InChI=1S/C21H27N5O3/c1-14(25-12-16-2-6-17(7-3-16)20(22)23)21(29)26-13-19(28)24-11-10-15-4-8-18(27)9-5-15/h2-9,14,25,27H,10-13H2,1H3,(H3,22,23)(H,24,28)(H,26,29). The molecule has 0 heterocycles. The van der Waals surface area contributed by atoms with Crippen molar-refractivity contribution in [1.29, 1.82) is 5.41 Å². The van der Waals surface area contributed by atoms with Crippen molar-refractivity contribution in [2.75, 3.05) is 13.1 Å². The molecule has 0 saturated heterocycles. The topological polar surface area (TPSA) is 140 Å². The van der Waals surface area contributed by atoms with Gasteiger partial charge in [-0.15, -0.1) is 0 Å². The van der Waals surface area contributed by atoms with Gasteiger partial charge in [0.05, 0.1) is 12.6 Å². The fourth-order valence-electron chi connectivity index (χ4n) is 2.56. The minimum absolute atomic E-state index is 0.0126. The molecule has 0 aromatic heterocycles. The van der Waals surface area contributed by atoms with Crippen LogP contribution < -0.4 is 21.7 Å². The predicted molar refractivity (Wildman–Crippen MR) is 112 cm³/mol. The van der Waals surface area contributed by atoms with Crippen molar-refractivity contribution in [1.82, 2.24) is 16.0 Å². The maximum absolute atomic E-state index is 12.1. The van der Waals surface area contributed by atoms with Gasteiger partial charge in [0.15, 0.2) is 0 Å². The summed E-state index contributed by atoms with van der Waals surface area (Å²) in [6, 6.07) is 13.5. The lowest BCUT2D eigenvalue weighted by molar-refractivity contribution is -0.127. The first-order chi connectivity index (χ1) is 13.8. The lowest BCUT2D eigenvalue weighted by atomic mass is 10.1. The zero-order valence-corrected chi connectivity index (χ0v) is 16.4. The predicted octanol–water partition coefficient (Wildman–Crippen LogP) is 0.629. The van der Waals surface area contributed by atoms with E-state index in [1.807, 2.05) is 12.1 Å². The first-order valence-corrected chi connectivity index (χ1v) is 9.34. The fourth-order valence-corrected chi connectivity index (χ4v) is 2.56. The number of carbonyl (C=O) groups is 2. The molecule has 8 heteroatoms. The molecule has 2 amide bonds. The number of rotatable bonds is 10. The quantitative estimate of drug-likeness (QED) is 0.258. The number of hydrogen-bond donors (Lipinski definition) is 6. The van der Waals surface area contributed by atoms with Crippen LogP contribution in [-0.4, -0.2) is 41.9 Å². The van der Waals surface area contributed by atoms with Gasteiger partial charge in [0.2, 0.25) is 11.8 Å². The highest BCUT2D eigenvalue weighted by Crippen LogP contribution is 2.09. The lowest BCUT2D eigenvalue weighted by Gasteiger charge is -2.14. The van der Waals surface area contributed by atoms with Gasteiger partial charge < -0.3 is 26.8 Å². The van der Waals surface area contributed by atoms with Crippen LogP contribution in [0.25, 0.3) is 0 Å². The van der Waals surface area contributed by atoms with E-state index in [2.05, 4.69) is 16.0 Å². The Hall–Kier alpha value is -3.39. The molecule has 0 saturated carbocycles. The molecule has 2 aromatic rings. The fraction of sp³-hybridized carbons (Fsp3) is 0.286. The third-order valence-electron chi connectivity index (χ3n) is 4.37. The van der Waals surface area contributed by atoms with Gasteiger partial charge in [0.25, 0.3) is 0 Å². The molecular formula is C21H27N5O3. The van der Waals surface area contributed by atoms with Crippen molar-refractivity contribution < 1.29 is 14.7 Å². The number of benzene rings is 2. The number of nitrogen functional groups attached to an aromatic ring is 1. The minimum Gasteiger partial charge on any atom is -0.508 e. The zero-order valence-electron chi connectivity index (χ0n) is 16.4. The average molecular weight is 397 g/mol. The molecule has 0 fully saturated rings. The van der Waals surface area contributed by atoms with E-state index in [0.717, 1.165) is 11.1 Å². The van der Waals surface area contributed by atoms with Gasteiger partial charge >= 0.3 is 0 Å². The van der Waals surface area contributed by atoms with Gasteiger partial charge in [-0.25, -0.2) is 0 Å². The van der Waals surface area contributed by atoms with Gasteiger partial charge in [-0.2, -0.15) is 0 Å². The molecule has 2 aromatic carbocycles. The summed E-state index contributed by atoms with van der Waals surface area (Å²) < 4.78 is 0. The highest BCUT2D eigenvalue weighted by molar-refractivity contribution is 5.94. The van der Waals surface area contributed by atoms with Crippen molar-refractivity contribution in [3.63, 3.8) is 0 Å². The molecule has 0 aliphatic carbocycles. The van der Waals surface area contributed by atoms with E-state index in [9.17, 15) is 14.7 Å². The number of nitrogens with one attached hydrogen (secondary N) is 4. The second-order valence-corrected chi connectivity index (χ2v) is 6.70. The van der Waals surface area contributed by atoms with Crippen molar-refractivity contribution in [3.8, 4) is 5.75 Å². The maximum atomic E-state index is 12.1. The zero-order chi connectivity index (χ0) is 21.2. The van der Waals surface area contributed by atoms with E-state index in [0.29, 0.717) is 25.1 Å². The third kappa shape index (κ3) is 7.63. The maximum Gasteiger partial charge on any atom is 0.239 e. The van der Waals surface area contributed by atoms with Gasteiger partial charge in [0.1, 0.15) is 11.6 Å². The number of phenolic OH excluding ortho intramolecular Hbond substituents is 1. The number of phenols is 1. The Labute approximate surface area is 170 Å². The Morgan fingerprint density at radius 2 is 1.66 bits per heavy atom. The molecule has 1 unspecified atom stereocenters. The summed E-state index contributed by atoms with van der Waals surface area (Å²) in [6.45, 7) is 2.56. The molecule has 2 rings (SSSR count). The van der Waals surface area contributed by atoms with Crippen LogP contribution in [0.3, 0.4) is 0 Å². The Morgan fingerprint density at radius 1 is 1.03 bits per heavy atom. The second kappa shape index (κ2) is 10.8. The number of aromatic hydroxyl groups is 1. The summed E-state index contributed by atoms with van der Waals surface area (Å²) in [6.07, 6.45) is 0.639. The van der Waals surface area contributed by atoms with Gasteiger partial charge in [-0.05, 0) is 36.6 Å². The Balaban J connectivity index is 1.64. The molecular weight excluding hydrogens is 370 g/mol. The van der Waals surface area contributed by atoms with Crippen LogP contribution in [0.15, 0.2) is 48.5 Å². The Kier molecular flexibility index (Phi) is 8.17. The van der Waals surface area contributed by atoms with Gasteiger partial charge in [-0.3, -0.25) is 15.0 Å². The number of carbonyl (C=O) groups excluding carboxylic acids is 2. The van der Waals surface area contributed by atoms with Crippen molar-refractivity contribution >= 4 is 17.6 Å². The van der Waals surface area contributed by atoms with E-state index in [-0.39, 0.29) is 29.9 Å². The SMILES string of the molecule is CC(NCc1ccc(C(=N)N)cc1)C(=O)NCC(=O)NCCc1ccc(O)cc1. The third-order valence-corrected chi connectivity index (χ3v) is 4.37. The van der Waals surface area contributed by atoms with E-state index < -0.39 is 6.04 Å². The summed E-state index contributed by atoms with van der Waals surface area (Å²) in [4.78, 5) is 24.0. The molecule has 7 N–H and O–H groups in total. The van der Waals surface area contributed by atoms with Crippen molar-refractivity contribution in [3.05, 3.63) is 65.2 Å². The number of hydrogen-bond acceptors (Lipinski definition) is 5. The molecule has 8 nitrogen and oxygen atoms in total. The normalized spacial score (nSPS) is 11.5. The summed E-state index contributed by atoms with van der Waals surface area (Å²) in [7, 11) is 0. The molecule has 0 aliphatic rings. The lowest BCUT2D eigenvalue weighted by Crippen LogP contribution is -2.45. The van der Waals surface area contributed by atoms with Crippen LogP contribution in [0, 0.1) is 5.41 Å². The molecule has 29 heavy (non-hydrogen) atoms. The van der Waals surface area contributed by atoms with Crippen molar-refractivity contribution in [2.45, 2.75) is 25.9 Å². The smallest absolute Gasteiger partial charge is 0.239 e. The minimum atomic E-state index is -0.465. The molecule has 1 atom stereocenters. The van der Waals surface area contributed by atoms with Crippen LogP contribution in [0.1, 0.15) is 23.6 Å². The molecule has 0 aliphatic heterocycles. The van der Waals surface area contributed by atoms with E-state index in [4.69, 9.17) is 11.1 Å². The van der Waals surface area contributed by atoms with E-state index in [1.165, 1.54) is 0 Å². The molecule has 0 bridgehead atoms. The van der Waals surface area contributed by atoms with Crippen LogP contribution in [0.4, 0.5) is 0 Å². The van der Waals surface area contributed by atoms with Crippen LogP contribution in [-0.2, 0) is 22.6 Å². The van der Waals surface area contributed by atoms with Crippen LogP contribution in [0.5, 0.6) is 5.75 Å². The highest BCUT2D eigenvalue weighted by Gasteiger charge is 2.13. The van der Waals surface area contributed by atoms with E-state index >= 15 is 0 Å².